The molecule has 0 N–H and O–H groups in total. The Morgan fingerprint density at radius 3 is 0.913 bits per heavy atom. The molecule has 0 aliphatic carbocycles. The zero-order valence-electron chi connectivity index (χ0n) is 11.2. The van der Waals surface area contributed by atoms with Gasteiger partial charge in [-0.05, 0) is 0 Å². The van der Waals surface area contributed by atoms with E-state index in [0.29, 0.717) is 13.2 Å². The van der Waals surface area contributed by atoms with Crippen LogP contribution in [0, 0.1) is 0 Å². The average Bonchev–Trinajstić information content (AvgIpc) is 2.22. The molecule has 17 heteroatoms. The molecule has 0 atom stereocenters. The van der Waals surface area contributed by atoms with Crippen molar-refractivity contribution in [1.29, 1.82) is 0 Å². The maximum atomic E-state index is 10.7. The van der Waals surface area contributed by atoms with Crippen LogP contribution in [-0.4, -0.2) is 64.4 Å². The predicted octanol–water partition coefficient (Wildman–Crippen LogP) is 0.380. The topological polar surface area (TPSA) is 133 Å². The molecule has 0 aromatic rings. The molecular weight excluding hydrogens is 474 g/mol. The second-order valence-electron chi connectivity index (χ2n) is 2.79. The van der Waals surface area contributed by atoms with Crippen LogP contribution >= 0.6 is 0 Å². The molecule has 0 saturated carbocycles. The van der Waals surface area contributed by atoms with Gasteiger partial charge in [-0.25, -0.2) is 16.8 Å². The van der Waals surface area contributed by atoms with Crippen molar-refractivity contribution in [2.45, 2.75) is 11.0 Å². The van der Waals surface area contributed by atoms with Gasteiger partial charge in [-0.3, -0.25) is 0 Å². The molecule has 0 aromatic carbocycles. The van der Waals surface area contributed by atoms with E-state index in [9.17, 15) is 26.3 Å². The molecule has 0 aliphatic rings. The van der Waals surface area contributed by atoms with Gasteiger partial charge in [0.25, 0.3) is 0 Å². The quantitative estimate of drug-likeness (QED) is 0.185. The molecule has 0 rings (SSSR count). The third-order valence-corrected chi connectivity index (χ3v) is 2.19. The zero-order valence-corrected chi connectivity index (χ0v) is 14.8. The fourth-order valence-electron chi connectivity index (χ4n) is 0.167. The minimum atomic E-state index is -6.09. The van der Waals surface area contributed by atoms with Crippen LogP contribution in [0.1, 0.15) is 0 Å². The van der Waals surface area contributed by atoms with Crippen LogP contribution in [0.25, 0.3) is 0 Å². The molecule has 0 radical (unpaired) electrons. The molecule has 0 unspecified atom stereocenters. The van der Waals surface area contributed by atoms with Crippen molar-refractivity contribution in [3.8, 4) is 0 Å². The molecule has 23 heavy (non-hydrogen) atoms. The van der Waals surface area contributed by atoms with Gasteiger partial charge in [-0.15, -0.1) is 0 Å². The van der Waals surface area contributed by atoms with E-state index in [1.54, 1.807) is 14.2 Å². The van der Waals surface area contributed by atoms with Crippen LogP contribution in [0.3, 0.4) is 0 Å². The normalized spacial score (nSPS) is 12.1. The first kappa shape index (κ1) is 30.8. The maximum Gasteiger partial charge on any atom is 0.485 e. The average molecular weight is 484 g/mol. The zero-order chi connectivity index (χ0) is 18.8. The molecule has 0 saturated heterocycles. The first-order chi connectivity index (χ1) is 9.41. The summed E-state index contributed by atoms with van der Waals surface area (Å²) >= 11 is 0. The van der Waals surface area contributed by atoms with Gasteiger partial charge < -0.3 is 18.6 Å². The fraction of sp³-hybridized carbons (Fsp3) is 1.00. The summed E-state index contributed by atoms with van der Waals surface area (Å²) in [5.41, 5.74) is -11.3. The van der Waals surface area contributed by atoms with E-state index in [-0.39, 0.29) is 21.1 Å². The van der Waals surface area contributed by atoms with E-state index in [2.05, 4.69) is 9.47 Å². The number of hydrogen-bond donors (Lipinski definition) is 0. The third-order valence-electron chi connectivity index (χ3n) is 1.06. The van der Waals surface area contributed by atoms with E-state index >= 15 is 0 Å². The first-order valence-electron chi connectivity index (χ1n) is 4.44. The second-order valence-corrected chi connectivity index (χ2v) is 5.53. The van der Waals surface area contributed by atoms with Gasteiger partial charge in [0.15, 0.2) is 20.2 Å². The van der Waals surface area contributed by atoms with Crippen molar-refractivity contribution in [1.82, 2.24) is 0 Å². The van der Waals surface area contributed by atoms with E-state index in [4.69, 9.17) is 25.9 Å². The Kier molecular flexibility index (Phi) is 16.6. The van der Waals surface area contributed by atoms with Crippen LogP contribution in [0.2, 0.25) is 0 Å². The Balaban J connectivity index is -0.000000117. The third kappa shape index (κ3) is 20.0. The summed E-state index contributed by atoms with van der Waals surface area (Å²) in [5.74, 6) is 0. The number of halogens is 6. The van der Waals surface area contributed by atoms with Gasteiger partial charge >= 0.3 is 11.0 Å². The van der Waals surface area contributed by atoms with Gasteiger partial charge in [0.05, 0.1) is 13.2 Å². The number of hydrogen-bond acceptors (Lipinski definition) is 8. The van der Waals surface area contributed by atoms with Crippen LogP contribution in [0.5, 0.6) is 0 Å². The minimum absolute atomic E-state index is 0. The fourth-order valence-corrected chi connectivity index (χ4v) is 0.167. The second kappa shape index (κ2) is 12.4. The summed E-state index contributed by atoms with van der Waals surface area (Å²) < 4.78 is 127. The molecule has 8 nitrogen and oxygen atoms in total. The monoisotopic (exact) mass is 486 g/mol. The summed E-state index contributed by atoms with van der Waals surface area (Å²) in [6.45, 7) is 1.38. The first-order valence-corrected chi connectivity index (χ1v) is 7.25. The molecule has 0 fully saturated rings. The minimum Gasteiger partial charge on any atom is -0.741 e. The molecule has 0 bridgehead atoms. The van der Waals surface area contributed by atoms with E-state index in [0.717, 1.165) is 0 Å². The van der Waals surface area contributed by atoms with Gasteiger partial charge in [0.2, 0.25) is 0 Å². The summed E-state index contributed by atoms with van der Waals surface area (Å²) in [5, 5.41) is 0. The maximum absolute atomic E-state index is 10.7. The molecule has 0 amide bonds. The number of alkyl halides is 6. The van der Waals surface area contributed by atoms with Crippen molar-refractivity contribution in [3.05, 3.63) is 0 Å². The molecule has 0 aliphatic heterocycles. The molecule has 144 valence electrons. The van der Waals surface area contributed by atoms with E-state index in [1.165, 1.54) is 0 Å². The Morgan fingerprint density at radius 2 is 0.870 bits per heavy atom. The number of rotatable bonds is 3. The van der Waals surface area contributed by atoms with Crippen molar-refractivity contribution in [2.24, 2.45) is 0 Å². The smallest absolute Gasteiger partial charge is 0.485 e. The van der Waals surface area contributed by atoms with Crippen LogP contribution in [-0.2, 0) is 50.8 Å². The van der Waals surface area contributed by atoms with Gasteiger partial charge in [-0.1, -0.05) is 0 Å². The van der Waals surface area contributed by atoms with Gasteiger partial charge in [-0.2, -0.15) is 26.3 Å². The van der Waals surface area contributed by atoms with Crippen molar-refractivity contribution >= 4 is 20.2 Å². The molecule has 0 aromatic heterocycles. The summed E-state index contributed by atoms with van der Waals surface area (Å²) in [6.07, 6.45) is 0. The largest absolute Gasteiger partial charge is 0.741 e. The number of ether oxygens (including phenoxy) is 2. The Hall–Kier alpha value is 0.00831. The van der Waals surface area contributed by atoms with E-state index < -0.39 is 31.3 Å². The van der Waals surface area contributed by atoms with Crippen molar-refractivity contribution in [3.63, 3.8) is 0 Å². The van der Waals surface area contributed by atoms with Crippen LogP contribution in [0.15, 0.2) is 0 Å². The summed E-state index contributed by atoms with van der Waals surface area (Å²) in [6, 6.07) is 0. The SMILES string of the molecule is COCCOC.O=S(=O)([O-])C(F)(F)F.O=S(=O)([O-])C(F)(F)F.[Mo]. The number of methoxy groups -OCH3 is 2. The Bertz CT molecular complexity index is 438. The van der Waals surface area contributed by atoms with Gasteiger partial charge in [0, 0.05) is 35.3 Å². The van der Waals surface area contributed by atoms with Crippen LogP contribution in [0.4, 0.5) is 26.3 Å². The molecule has 0 spiro atoms. The van der Waals surface area contributed by atoms with Gasteiger partial charge in [0.1, 0.15) is 0 Å². The molecule has 0 heterocycles. The Labute approximate surface area is 141 Å². The molecular formula is C6H10F6MoO8S2-2. The van der Waals surface area contributed by atoms with E-state index in [1.807, 2.05) is 0 Å². The summed E-state index contributed by atoms with van der Waals surface area (Å²) in [7, 11) is -8.88. The standard InChI is InChI=1S/C4H10O2.2CHF3O3S.Mo/c1-5-3-4-6-2;2*2-1(3,4)8(5,6)7;/h3-4H2,1-2H3;2*(H,5,6,7);/p-2. The predicted molar refractivity (Wildman–Crippen MR) is 55.3 cm³/mol. The summed E-state index contributed by atoms with van der Waals surface area (Å²) in [4.78, 5) is 0. The van der Waals surface area contributed by atoms with Crippen LogP contribution < -0.4 is 0 Å². The van der Waals surface area contributed by atoms with Crippen molar-refractivity contribution in [2.75, 3.05) is 27.4 Å². The Morgan fingerprint density at radius 1 is 0.739 bits per heavy atom. The van der Waals surface area contributed by atoms with Crippen molar-refractivity contribution < 1.29 is 82.8 Å².